The van der Waals surface area contributed by atoms with Crippen molar-refractivity contribution in [2.24, 2.45) is 0 Å². The highest BCUT2D eigenvalue weighted by molar-refractivity contribution is 5.47. The van der Waals surface area contributed by atoms with Crippen LogP contribution in [0.15, 0.2) is 24.3 Å². The van der Waals surface area contributed by atoms with Crippen molar-refractivity contribution in [3.8, 4) is 0 Å². The monoisotopic (exact) mass is 236 g/mol. The lowest BCUT2D eigenvalue weighted by Gasteiger charge is -2.37. The molecule has 0 spiro atoms. The van der Waals surface area contributed by atoms with Gasteiger partial charge in [0.15, 0.2) is 0 Å². The number of benzene rings is 1. The van der Waals surface area contributed by atoms with E-state index in [1.54, 1.807) is 0 Å². The first-order valence-electron chi connectivity index (χ1n) is 5.97. The minimum atomic E-state index is -0.768. The average Bonchev–Trinajstić information content (AvgIpc) is 2.39. The number of nitrogens with zero attached hydrogens (tertiary/aromatic N) is 2. The van der Waals surface area contributed by atoms with Crippen molar-refractivity contribution in [2.75, 3.05) is 38.2 Å². The second-order valence-electron chi connectivity index (χ2n) is 4.42. The normalized spacial score (nSPS) is 19.4. The van der Waals surface area contributed by atoms with Crippen LogP contribution in [0.5, 0.6) is 0 Å². The number of ether oxygens (including phenoxy) is 1. The summed E-state index contributed by atoms with van der Waals surface area (Å²) in [7, 11) is 1.52. The van der Waals surface area contributed by atoms with Crippen LogP contribution >= 0.6 is 0 Å². The van der Waals surface area contributed by atoms with Crippen molar-refractivity contribution < 1.29 is 9.84 Å². The Morgan fingerprint density at radius 2 is 1.71 bits per heavy atom. The molecule has 0 aromatic heterocycles. The van der Waals surface area contributed by atoms with E-state index in [4.69, 9.17) is 4.74 Å². The van der Waals surface area contributed by atoms with Crippen LogP contribution in [0.1, 0.15) is 5.56 Å². The fourth-order valence-electron chi connectivity index (χ4n) is 2.11. The summed E-state index contributed by atoms with van der Waals surface area (Å²) in [6.07, 6.45) is -0.768. The van der Waals surface area contributed by atoms with E-state index in [-0.39, 0.29) is 0 Å². The zero-order valence-electron chi connectivity index (χ0n) is 10.5. The van der Waals surface area contributed by atoms with Crippen LogP contribution in [0.25, 0.3) is 0 Å². The van der Waals surface area contributed by atoms with Gasteiger partial charge in [0, 0.05) is 39.0 Å². The van der Waals surface area contributed by atoms with Crippen molar-refractivity contribution in [1.29, 1.82) is 0 Å². The Labute approximate surface area is 102 Å². The number of aliphatic hydroxyl groups excluding tert-OH is 1. The van der Waals surface area contributed by atoms with Crippen LogP contribution in [0.2, 0.25) is 0 Å². The number of hydrogen-bond acceptors (Lipinski definition) is 4. The predicted octanol–water partition coefficient (Wildman–Crippen LogP) is 1.04. The lowest BCUT2D eigenvalue weighted by atomic mass is 10.2. The fraction of sp³-hybridized carbons (Fsp3) is 0.538. The Kier molecular flexibility index (Phi) is 3.99. The number of piperazine rings is 1. The maximum atomic E-state index is 9.56. The standard InChI is InChI=1S/C13H20N2O2/c1-11-3-5-12(6-4-11)14-7-9-15(10-8-14)13(16)17-2/h3-6,13,16H,7-10H2,1-2H3. The lowest BCUT2D eigenvalue weighted by molar-refractivity contribution is -0.177. The summed E-state index contributed by atoms with van der Waals surface area (Å²) in [4.78, 5) is 4.27. The van der Waals surface area contributed by atoms with Crippen molar-refractivity contribution >= 4 is 5.69 Å². The molecular formula is C13H20N2O2. The molecule has 1 fully saturated rings. The van der Waals surface area contributed by atoms with Crippen molar-refractivity contribution in [3.63, 3.8) is 0 Å². The fourth-order valence-corrected chi connectivity index (χ4v) is 2.11. The van der Waals surface area contributed by atoms with Gasteiger partial charge in [-0.05, 0) is 19.1 Å². The van der Waals surface area contributed by atoms with Crippen LogP contribution in [-0.4, -0.2) is 49.7 Å². The maximum Gasteiger partial charge on any atom is 0.215 e. The summed E-state index contributed by atoms with van der Waals surface area (Å²) in [6.45, 7) is 5.58. The first kappa shape index (κ1) is 12.4. The van der Waals surface area contributed by atoms with Crippen LogP contribution in [0, 0.1) is 6.92 Å². The number of aliphatic hydroxyl groups is 1. The Bertz CT molecular complexity index is 345. The number of aryl methyl sites for hydroxylation is 1. The topological polar surface area (TPSA) is 35.9 Å². The Morgan fingerprint density at radius 1 is 1.12 bits per heavy atom. The molecule has 1 unspecified atom stereocenters. The molecule has 2 rings (SSSR count). The van der Waals surface area contributed by atoms with Gasteiger partial charge in [0.2, 0.25) is 6.41 Å². The van der Waals surface area contributed by atoms with Gasteiger partial charge in [-0.25, -0.2) is 0 Å². The molecule has 1 aliphatic rings. The van der Waals surface area contributed by atoms with Crippen LogP contribution in [0.4, 0.5) is 5.69 Å². The van der Waals surface area contributed by atoms with Crippen molar-refractivity contribution in [2.45, 2.75) is 13.3 Å². The van der Waals surface area contributed by atoms with Gasteiger partial charge in [-0.1, -0.05) is 17.7 Å². The highest BCUT2D eigenvalue weighted by Gasteiger charge is 2.21. The first-order chi connectivity index (χ1) is 8.20. The molecule has 1 N–H and O–H groups in total. The van der Waals surface area contributed by atoms with Crippen LogP contribution < -0.4 is 4.90 Å². The van der Waals surface area contributed by atoms with E-state index in [0.717, 1.165) is 26.2 Å². The summed E-state index contributed by atoms with van der Waals surface area (Å²) in [6, 6.07) is 8.56. The summed E-state index contributed by atoms with van der Waals surface area (Å²) < 4.78 is 4.91. The second kappa shape index (κ2) is 5.49. The molecule has 17 heavy (non-hydrogen) atoms. The predicted molar refractivity (Wildman–Crippen MR) is 68.0 cm³/mol. The van der Waals surface area contributed by atoms with Gasteiger partial charge in [-0.3, -0.25) is 4.90 Å². The number of rotatable bonds is 3. The van der Waals surface area contributed by atoms with Crippen LogP contribution in [-0.2, 0) is 4.74 Å². The molecule has 1 aliphatic heterocycles. The smallest absolute Gasteiger partial charge is 0.215 e. The average molecular weight is 236 g/mol. The lowest BCUT2D eigenvalue weighted by Crippen LogP contribution is -2.50. The van der Waals surface area contributed by atoms with Gasteiger partial charge in [-0.2, -0.15) is 0 Å². The van der Waals surface area contributed by atoms with E-state index in [2.05, 4.69) is 36.1 Å². The summed E-state index contributed by atoms with van der Waals surface area (Å²) >= 11 is 0. The highest BCUT2D eigenvalue weighted by Crippen LogP contribution is 2.17. The van der Waals surface area contributed by atoms with E-state index in [1.165, 1.54) is 18.4 Å². The Hall–Kier alpha value is -1.10. The largest absolute Gasteiger partial charge is 0.369 e. The molecule has 0 radical (unpaired) electrons. The van der Waals surface area contributed by atoms with E-state index in [9.17, 15) is 5.11 Å². The molecule has 0 amide bonds. The summed E-state index contributed by atoms with van der Waals surface area (Å²) in [5, 5.41) is 9.56. The molecule has 1 heterocycles. The molecular weight excluding hydrogens is 216 g/mol. The number of anilines is 1. The zero-order valence-corrected chi connectivity index (χ0v) is 10.5. The second-order valence-corrected chi connectivity index (χ2v) is 4.42. The molecule has 1 aromatic carbocycles. The van der Waals surface area contributed by atoms with E-state index < -0.39 is 6.41 Å². The van der Waals surface area contributed by atoms with Gasteiger partial charge >= 0.3 is 0 Å². The third-order valence-electron chi connectivity index (χ3n) is 3.24. The number of methoxy groups -OCH3 is 1. The molecule has 4 heteroatoms. The number of hydrogen-bond donors (Lipinski definition) is 1. The van der Waals surface area contributed by atoms with Crippen molar-refractivity contribution in [3.05, 3.63) is 29.8 Å². The molecule has 4 nitrogen and oxygen atoms in total. The zero-order chi connectivity index (χ0) is 12.3. The van der Waals surface area contributed by atoms with Crippen LogP contribution in [0.3, 0.4) is 0 Å². The molecule has 1 aromatic rings. The van der Waals surface area contributed by atoms with E-state index in [0.29, 0.717) is 0 Å². The summed E-state index contributed by atoms with van der Waals surface area (Å²) in [5.74, 6) is 0. The molecule has 0 aliphatic carbocycles. The van der Waals surface area contributed by atoms with Gasteiger partial charge in [0.05, 0.1) is 0 Å². The summed E-state index contributed by atoms with van der Waals surface area (Å²) in [5.41, 5.74) is 2.53. The Morgan fingerprint density at radius 3 is 2.24 bits per heavy atom. The first-order valence-corrected chi connectivity index (χ1v) is 5.97. The van der Waals surface area contributed by atoms with E-state index in [1.807, 2.05) is 4.90 Å². The third kappa shape index (κ3) is 2.97. The van der Waals surface area contributed by atoms with Crippen molar-refractivity contribution in [1.82, 2.24) is 4.90 Å². The minimum Gasteiger partial charge on any atom is -0.369 e. The maximum absolute atomic E-state index is 9.56. The van der Waals surface area contributed by atoms with E-state index >= 15 is 0 Å². The SMILES string of the molecule is COC(O)N1CCN(c2ccc(C)cc2)CC1. The molecule has 0 saturated carbocycles. The minimum absolute atomic E-state index is 0.768. The quantitative estimate of drug-likeness (QED) is 0.796. The Balaban J connectivity index is 1.93. The molecule has 94 valence electrons. The molecule has 1 saturated heterocycles. The van der Waals surface area contributed by atoms with Gasteiger partial charge in [0.1, 0.15) is 0 Å². The van der Waals surface area contributed by atoms with Gasteiger partial charge in [-0.15, -0.1) is 0 Å². The molecule has 1 atom stereocenters. The van der Waals surface area contributed by atoms with Gasteiger partial charge in [0.25, 0.3) is 0 Å². The third-order valence-corrected chi connectivity index (χ3v) is 3.24. The van der Waals surface area contributed by atoms with Gasteiger partial charge < -0.3 is 14.7 Å². The molecule has 0 bridgehead atoms. The highest BCUT2D eigenvalue weighted by atomic mass is 16.6.